The van der Waals surface area contributed by atoms with Gasteiger partial charge in [-0.15, -0.1) is 0 Å². The van der Waals surface area contributed by atoms with Crippen LogP contribution in [0.5, 0.6) is 0 Å². The van der Waals surface area contributed by atoms with Crippen LogP contribution in [0.1, 0.15) is 0 Å². The summed E-state index contributed by atoms with van der Waals surface area (Å²) in [7, 11) is 0. The quantitative estimate of drug-likeness (QED) is 0.271. The predicted octanol–water partition coefficient (Wildman–Crippen LogP) is -3.33. The number of morpholine rings is 2. The second kappa shape index (κ2) is 13.5. The number of aliphatic hydroxyl groups excluding tert-OH is 2. The number of nitrogens with zero attached hydrogens (tertiary/aromatic N) is 2. The molecule has 14 nitrogen and oxygen atoms in total. The zero-order chi connectivity index (χ0) is 21.7. The van der Waals surface area contributed by atoms with Gasteiger partial charge in [-0.2, -0.15) is 0 Å². The number of aliphatic hydroxyl groups is 2. The normalized spacial score (nSPS) is 18.4. The summed E-state index contributed by atoms with van der Waals surface area (Å²) in [5.74, 6) is -3.54. The van der Waals surface area contributed by atoms with Crippen molar-refractivity contribution in [1.29, 1.82) is 0 Å². The van der Waals surface area contributed by atoms with Crippen molar-refractivity contribution in [2.45, 2.75) is 12.2 Å². The summed E-state index contributed by atoms with van der Waals surface area (Å²) in [5, 5.41) is 32.5. The van der Waals surface area contributed by atoms with E-state index in [-0.39, 0.29) is 12.1 Å². The standard InChI is InChI=1S/2C5H10N2O2.C4H6O6/c2*6-5(8)7-1-3-9-4-2-7;5-1(3(7)8)2(6)4(9)10/h2*1-4H2,(H2,6,8);1-2,5-6H,(H,7,8)(H,9,10). The van der Waals surface area contributed by atoms with Crippen LogP contribution in [-0.4, -0.2) is 119 Å². The van der Waals surface area contributed by atoms with Crippen LogP contribution in [0.2, 0.25) is 0 Å². The number of rotatable bonds is 3. The number of hydrogen-bond acceptors (Lipinski definition) is 8. The molecular weight excluding hydrogens is 384 g/mol. The van der Waals surface area contributed by atoms with Gasteiger partial charge in [0.05, 0.1) is 26.4 Å². The Balaban J connectivity index is 0.000000391. The molecule has 0 aromatic carbocycles. The average Bonchev–Trinajstić information content (AvgIpc) is 2.69. The van der Waals surface area contributed by atoms with Crippen molar-refractivity contribution < 1.29 is 49.1 Å². The molecule has 2 aliphatic rings. The number of carbonyl (C=O) groups excluding carboxylic acids is 2. The molecule has 14 heteroatoms. The highest BCUT2D eigenvalue weighted by Crippen LogP contribution is 1.95. The molecule has 0 aromatic heterocycles. The third-order valence-corrected chi connectivity index (χ3v) is 3.45. The van der Waals surface area contributed by atoms with E-state index in [1.807, 2.05) is 0 Å². The molecule has 4 amide bonds. The van der Waals surface area contributed by atoms with Crippen molar-refractivity contribution >= 4 is 24.0 Å². The summed E-state index contributed by atoms with van der Waals surface area (Å²) in [5.41, 5.74) is 10.00. The molecule has 28 heavy (non-hydrogen) atoms. The van der Waals surface area contributed by atoms with Crippen molar-refractivity contribution in [3.63, 3.8) is 0 Å². The van der Waals surface area contributed by atoms with Gasteiger partial charge in [0.2, 0.25) is 0 Å². The highest BCUT2D eigenvalue weighted by molar-refractivity contribution is 5.83. The lowest BCUT2D eigenvalue weighted by Gasteiger charge is -2.24. The van der Waals surface area contributed by atoms with E-state index in [4.69, 9.17) is 41.4 Å². The van der Waals surface area contributed by atoms with E-state index in [9.17, 15) is 19.2 Å². The molecule has 2 heterocycles. The molecule has 2 unspecified atom stereocenters. The largest absolute Gasteiger partial charge is 0.479 e. The van der Waals surface area contributed by atoms with E-state index in [1.54, 1.807) is 9.80 Å². The first-order chi connectivity index (χ1) is 13.1. The molecule has 2 fully saturated rings. The fourth-order valence-electron chi connectivity index (χ4n) is 1.84. The van der Waals surface area contributed by atoms with Gasteiger partial charge in [-0.05, 0) is 0 Å². The Kier molecular flexibility index (Phi) is 12.2. The Morgan fingerprint density at radius 1 is 0.679 bits per heavy atom. The summed E-state index contributed by atoms with van der Waals surface area (Å²) < 4.78 is 10.0. The van der Waals surface area contributed by atoms with Gasteiger partial charge in [-0.1, -0.05) is 0 Å². The summed E-state index contributed by atoms with van der Waals surface area (Å²) >= 11 is 0. The number of primary amides is 2. The first-order valence-electron chi connectivity index (χ1n) is 8.13. The van der Waals surface area contributed by atoms with Gasteiger partial charge in [0.15, 0.2) is 12.2 Å². The topological polar surface area (TPSA) is 226 Å². The second-order valence-electron chi connectivity index (χ2n) is 5.44. The van der Waals surface area contributed by atoms with E-state index >= 15 is 0 Å². The Labute approximate surface area is 160 Å². The first kappa shape index (κ1) is 25.3. The molecule has 0 bridgehead atoms. The smallest absolute Gasteiger partial charge is 0.335 e. The summed E-state index contributed by atoms with van der Waals surface area (Å²) in [4.78, 5) is 43.6. The van der Waals surface area contributed by atoms with E-state index in [0.29, 0.717) is 52.6 Å². The highest BCUT2D eigenvalue weighted by atomic mass is 16.5. The number of urea groups is 2. The monoisotopic (exact) mass is 410 g/mol. The van der Waals surface area contributed by atoms with Gasteiger partial charge in [-0.25, -0.2) is 19.2 Å². The van der Waals surface area contributed by atoms with E-state index in [1.165, 1.54) is 0 Å². The average molecular weight is 410 g/mol. The lowest BCUT2D eigenvalue weighted by atomic mass is 10.2. The predicted molar refractivity (Wildman–Crippen MR) is 91.2 cm³/mol. The van der Waals surface area contributed by atoms with Crippen LogP contribution in [-0.2, 0) is 19.1 Å². The van der Waals surface area contributed by atoms with Crippen LogP contribution in [0, 0.1) is 0 Å². The molecule has 8 N–H and O–H groups in total. The number of aliphatic carboxylic acids is 2. The minimum absolute atomic E-state index is 0.349. The fourth-order valence-corrected chi connectivity index (χ4v) is 1.84. The van der Waals surface area contributed by atoms with Crippen LogP contribution >= 0.6 is 0 Å². The number of carboxylic acids is 2. The summed E-state index contributed by atoms with van der Waals surface area (Å²) in [6, 6.07) is -0.698. The fraction of sp³-hybridized carbons (Fsp3) is 0.714. The van der Waals surface area contributed by atoms with Gasteiger partial charge in [0, 0.05) is 26.2 Å². The SMILES string of the molecule is NC(=O)N1CCOCC1.NC(=O)N1CCOCC1.O=C(O)C(O)C(O)C(=O)O. The highest BCUT2D eigenvalue weighted by Gasteiger charge is 2.29. The van der Waals surface area contributed by atoms with Crippen molar-refractivity contribution in [2.75, 3.05) is 52.6 Å². The molecule has 2 aliphatic heterocycles. The first-order valence-corrected chi connectivity index (χ1v) is 8.13. The van der Waals surface area contributed by atoms with E-state index in [2.05, 4.69) is 0 Å². The Hall–Kier alpha value is -2.68. The van der Waals surface area contributed by atoms with Crippen molar-refractivity contribution in [3.05, 3.63) is 0 Å². The second-order valence-corrected chi connectivity index (χ2v) is 5.44. The van der Waals surface area contributed by atoms with Gasteiger partial charge in [-0.3, -0.25) is 0 Å². The van der Waals surface area contributed by atoms with Gasteiger partial charge in [0.25, 0.3) is 0 Å². The van der Waals surface area contributed by atoms with Crippen LogP contribution in [0.15, 0.2) is 0 Å². The van der Waals surface area contributed by atoms with Crippen LogP contribution in [0.25, 0.3) is 0 Å². The zero-order valence-corrected chi connectivity index (χ0v) is 15.1. The summed E-state index contributed by atoms with van der Waals surface area (Å²) in [6.07, 6.45) is -4.53. The van der Waals surface area contributed by atoms with E-state index in [0.717, 1.165) is 0 Å². The Morgan fingerprint density at radius 3 is 1.07 bits per heavy atom. The molecule has 2 saturated heterocycles. The number of carbonyl (C=O) groups is 4. The molecule has 0 aromatic rings. The maximum atomic E-state index is 10.4. The molecule has 0 aliphatic carbocycles. The van der Waals surface area contributed by atoms with Crippen LogP contribution in [0.3, 0.4) is 0 Å². The maximum absolute atomic E-state index is 10.4. The minimum Gasteiger partial charge on any atom is -0.479 e. The lowest BCUT2D eigenvalue weighted by Crippen LogP contribution is -2.43. The molecule has 162 valence electrons. The third-order valence-electron chi connectivity index (χ3n) is 3.45. The number of carboxylic acid groups (broad SMARTS) is 2. The summed E-state index contributed by atoms with van der Waals surface area (Å²) in [6.45, 7) is 4.99. The van der Waals surface area contributed by atoms with Crippen LogP contribution in [0.4, 0.5) is 9.59 Å². The number of nitrogens with two attached hydrogens (primary N) is 2. The Bertz CT molecular complexity index is 474. The maximum Gasteiger partial charge on any atom is 0.335 e. The number of ether oxygens (including phenoxy) is 2. The van der Waals surface area contributed by atoms with Crippen molar-refractivity contribution in [2.24, 2.45) is 11.5 Å². The van der Waals surface area contributed by atoms with Gasteiger partial charge >= 0.3 is 24.0 Å². The van der Waals surface area contributed by atoms with Gasteiger partial charge < -0.3 is 51.2 Å². The van der Waals surface area contributed by atoms with Crippen LogP contribution < -0.4 is 11.5 Å². The number of amides is 4. The van der Waals surface area contributed by atoms with Gasteiger partial charge in [0.1, 0.15) is 0 Å². The molecule has 0 saturated carbocycles. The lowest BCUT2D eigenvalue weighted by molar-refractivity contribution is -0.165. The molecule has 2 rings (SSSR count). The van der Waals surface area contributed by atoms with Crippen molar-refractivity contribution in [1.82, 2.24) is 9.80 Å². The minimum atomic E-state index is -2.27. The number of hydrogen-bond donors (Lipinski definition) is 6. The molecule has 2 atom stereocenters. The third kappa shape index (κ3) is 10.5. The molecular formula is C14H26N4O10. The van der Waals surface area contributed by atoms with E-state index < -0.39 is 24.1 Å². The molecule has 0 radical (unpaired) electrons. The molecule has 0 spiro atoms. The van der Waals surface area contributed by atoms with Crippen molar-refractivity contribution in [3.8, 4) is 0 Å². The Morgan fingerprint density at radius 2 is 0.929 bits per heavy atom. The zero-order valence-electron chi connectivity index (χ0n) is 15.1.